The minimum absolute atomic E-state index is 0.278. The Morgan fingerprint density at radius 3 is 2.96 bits per heavy atom. The van der Waals surface area contributed by atoms with Gasteiger partial charge in [-0.2, -0.15) is 0 Å². The van der Waals surface area contributed by atoms with Crippen molar-refractivity contribution in [3.63, 3.8) is 0 Å². The number of nitrogens with zero attached hydrogens (tertiary/aromatic N) is 3. The van der Waals surface area contributed by atoms with Gasteiger partial charge in [0.05, 0.1) is 6.61 Å². The van der Waals surface area contributed by atoms with E-state index in [0.29, 0.717) is 23.9 Å². The van der Waals surface area contributed by atoms with Crippen LogP contribution >= 0.6 is 11.3 Å². The van der Waals surface area contributed by atoms with Crippen molar-refractivity contribution in [1.82, 2.24) is 15.2 Å². The van der Waals surface area contributed by atoms with Crippen molar-refractivity contribution in [2.24, 2.45) is 0 Å². The number of amides is 1. The Morgan fingerprint density at radius 2 is 2.17 bits per heavy atom. The van der Waals surface area contributed by atoms with Gasteiger partial charge >= 0.3 is 0 Å². The number of carbonyl (C=O) groups is 1. The molecule has 24 heavy (non-hydrogen) atoms. The van der Waals surface area contributed by atoms with Crippen LogP contribution in [0.3, 0.4) is 0 Å². The molecule has 1 N–H and O–H groups in total. The van der Waals surface area contributed by atoms with Crippen LogP contribution in [-0.2, 0) is 11.2 Å². The summed E-state index contributed by atoms with van der Waals surface area (Å²) in [4.78, 5) is 16.5. The monoisotopic (exact) mass is 350 g/mol. The first kappa shape index (κ1) is 18.3. The topological polar surface area (TPSA) is 86.2 Å². The summed E-state index contributed by atoms with van der Waals surface area (Å²) in [6, 6.07) is 3.35. The second kappa shape index (κ2) is 9.94. The first-order valence-corrected chi connectivity index (χ1v) is 8.76. The van der Waals surface area contributed by atoms with Gasteiger partial charge in [0.15, 0.2) is 0 Å². The van der Waals surface area contributed by atoms with E-state index in [0.717, 1.165) is 24.3 Å². The predicted molar refractivity (Wildman–Crippen MR) is 92.7 cm³/mol. The van der Waals surface area contributed by atoms with Gasteiger partial charge in [0.2, 0.25) is 11.0 Å². The van der Waals surface area contributed by atoms with Gasteiger partial charge in [-0.1, -0.05) is 31.1 Å². The van der Waals surface area contributed by atoms with E-state index in [1.54, 1.807) is 25.4 Å². The highest BCUT2D eigenvalue weighted by Crippen LogP contribution is 2.20. The van der Waals surface area contributed by atoms with Crippen LogP contribution < -0.4 is 10.1 Å². The van der Waals surface area contributed by atoms with E-state index in [1.807, 2.05) is 0 Å². The molecule has 1 amide bonds. The molecule has 0 atom stereocenters. The number of aromatic nitrogens is 3. The number of hydrogen-bond donors (Lipinski definition) is 1. The number of aryl methyl sites for hydroxylation is 1. The lowest BCUT2D eigenvalue weighted by Crippen LogP contribution is -2.15. The highest BCUT2D eigenvalue weighted by molar-refractivity contribution is 7.15. The minimum atomic E-state index is -0.313. The van der Waals surface area contributed by atoms with Crippen LogP contribution in [0.1, 0.15) is 41.6 Å². The van der Waals surface area contributed by atoms with Gasteiger partial charge in [-0.25, -0.2) is 4.98 Å². The van der Waals surface area contributed by atoms with Gasteiger partial charge in [-0.15, -0.1) is 10.2 Å². The Bertz CT molecular complexity index is 648. The molecule has 2 aromatic rings. The molecule has 0 fully saturated rings. The Hall–Kier alpha value is -2.06. The fourth-order valence-electron chi connectivity index (χ4n) is 2.00. The molecule has 0 radical (unpaired) electrons. The molecule has 0 aliphatic rings. The lowest BCUT2D eigenvalue weighted by Gasteiger charge is -2.08. The Kier molecular flexibility index (Phi) is 7.57. The summed E-state index contributed by atoms with van der Waals surface area (Å²) in [6.07, 6.45) is 5.88. The van der Waals surface area contributed by atoms with Crippen molar-refractivity contribution in [3.05, 3.63) is 28.9 Å². The van der Waals surface area contributed by atoms with E-state index in [1.165, 1.54) is 17.8 Å². The molecule has 0 aliphatic heterocycles. The number of nitrogens with one attached hydrogen (secondary N) is 1. The maximum atomic E-state index is 12.4. The number of anilines is 1. The normalized spacial score (nSPS) is 10.6. The summed E-state index contributed by atoms with van der Waals surface area (Å²) < 4.78 is 10.4. The third-order valence-corrected chi connectivity index (χ3v) is 4.12. The van der Waals surface area contributed by atoms with Crippen LogP contribution in [0.4, 0.5) is 5.13 Å². The molecule has 0 bridgehead atoms. The van der Waals surface area contributed by atoms with Crippen molar-refractivity contribution >= 4 is 22.4 Å². The summed E-state index contributed by atoms with van der Waals surface area (Å²) in [5.74, 6) is -0.0356. The number of ether oxygens (including phenoxy) is 2. The fourth-order valence-corrected chi connectivity index (χ4v) is 2.77. The molecule has 0 aliphatic carbocycles. The Morgan fingerprint density at radius 1 is 1.29 bits per heavy atom. The first-order valence-electron chi connectivity index (χ1n) is 7.95. The van der Waals surface area contributed by atoms with Gasteiger partial charge < -0.3 is 9.47 Å². The summed E-state index contributed by atoms with van der Waals surface area (Å²) in [7, 11) is 1.59. The molecule has 2 aromatic heterocycles. The van der Waals surface area contributed by atoms with Gasteiger partial charge in [0, 0.05) is 19.7 Å². The molecular formula is C16H22N4O3S. The van der Waals surface area contributed by atoms with Gasteiger partial charge in [0.25, 0.3) is 5.91 Å². The zero-order valence-corrected chi connectivity index (χ0v) is 14.8. The average molecular weight is 350 g/mol. The summed E-state index contributed by atoms with van der Waals surface area (Å²) >= 11 is 1.40. The Balaban J connectivity index is 1.97. The third-order valence-electron chi connectivity index (χ3n) is 3.22. The van der Waals surface area contributed by atoms with E-state index in [2.05, 4.69) is 27.4 Å². The maximum absolute atomic E-state index is 12.4. The fraction of sp³-hybridized carbons (Fsp3) is 0.500. The summed E-state index contributed by atoms with van der Waals surface area (Å²) in [6.45, 7) is 2.91. The molecule has 0 saturated heterocycles. The van der Waals surface area contributed by atoms with Crippen LogP contribution in [0.2, 0.25) is 0 Å². The predicted octanol–water partition coefficient (Wildman–Crippen LogP) is 2.94. The van der Waals surface area contributed by atoms with Gasteiger partial charge in [-0.3, -0.25) is 10.1 Å². The molecule has 8 heteroatoms. The second-order valence-electron chi connectivity index (χ2n) is 5.11. The van der Waals surface area contributed by atoms with Crippen molar-refractivity contribution in [1.29, 1.82) is 0 Å². The average Bonchev–Trinajstić information content (AvgIpc) is 3.03. The zero-order chi connectivity index (χ0) is 17.2. The van der Waals surface area contributed by atoms with Crippen LogP contribution in [0.5, 0.6) is 5.88 Å². The van der Waals surface area contributed by atoms with Crippen molar-refractivity contribution < 1.29 is 14.3 Å². The van der Waals surface area contributed by atoms with E-state index < -0.39 is 0 Å². The molecule has 0 spiro atoms. The van der Waals surface area contributed by atoms with Crippen LogP contribution in [0, 0.1) is 0 Å². The molecule has 130 valence electrons. The van der Waals surface area contributed by atoms with Crippen LogP contribution in [-0.4, -0.2) is 41.4 Å². The van der Waals surface area contributed by atoms with Crippen molar-refractivity contribution in [2.75, 3.05) is 25.6 Å². The van der Waals surface area contributed by atoms with Crippen LogP contribution in [0.15, 0.2) is 18.3 Å². The number of unbranched alkanes of at least 4 members (excludes halogenated alkanes) is 2. The van der Waals surface area contributed by atoms with E-state index >= 15 is 0 Å². The molecule has 0 aromatic carbocycles. The Labute approximate surface area is 145 Å². The van der Waals surface area contributed by atoms with Crippen molar-refractivity contribution in [2.45, 2.75) is 32.6 Å². The minimum Gasteiger partial charge on any atom is -0.475 e. The highest BCUT2D eigenvalue weighted by Gasteiger charge is 2.15. The SMILES string of the molecule is CCCCCc1nnc(NC(=O)c2cccnc2OCCOC)s1. The van der Waals surface area contributed by atoms with Gasteiger partial charge in [0.1, 0.15) is 17.2 Å². The lowest BCUT2D eigenvalue weighted by atomic mass is 10.2. The number of rotatable bonds is 10. The van der Waals surface area contributed by atoms with Crippen molar-refractivity contribution in [3.8, 4) is 5.88 Å². The molecule has 7 nitrogen and oxygen atoms in total. The number of pyridine rings is 1. The van der Waals surface area contributed by atoms with E-state index in [9.17, 15) is 4.79 Å². The zero-order valence-electron chi connectivity index (χ0n) is 13.9. The first-order chi connectivity index (χ1) is 11.7. The summed E-state index contributed by atoms with van der Waals surface area (Å²) in [5.41, 5.74) is 0.358. The largest absolute Gasteiger partial charge is 0.475 e. The smallest absolute Gasteiger partial charge is 0.262 e. The standard InChI is InChI=1S/C16H22N4O3S/c1-3-4-5-8-13-19-20-16(24-13)18-14(21)12-7-6-9-17-15(12)23-11-10-22-2/h6-7,9H,3-5,8,10-11H2,1-2H3,(H,18,20,21). The molecule has 0 unspecified atom stereocenters. The van der Waals surface area contributed by atoms with Crippen LogP contribution in [0.25, 0.3) is 0 Å². The second-order valence-corrected chi connectivity index (χ2v) is 6.17. The summed E-state index contributed by atoms with van der Waals surface area (Å²) in [5, 5.41) is 12.3. The lowest BCUT2D eigenvalue weighted by molar-refractivity contribution is 0.101. The molecule has 2 rings (SSSR count). The van der Waals surface area contributed by atoms with E-state index in [4.69, 9.17) is 9.47 Å². The third kappa shape index (κ3) is 5.54. The highest BCUT2D eigenvalue weighted by atomic mass is 32.1. The van der Waals surface area contributed by atoms with E-state index in [-0.39, 0.29) is 11.8 Å². The van der Waals surface area contributed by atoms with Gasteiger partial charge in [-0.05, 0) is 18.6 Å². The number of hydrogen-bond acceptors (Lipinski definition) is 7. The maximum Gasteiger partial charge on any atom is 0.262 e. The molecule has 0 saturated carbocycles. The number of carbonyl (C=O) groups excluding carboxylic acids is 1. The molecule has 2 heterocycles. The molecular weight excluding hydrogens is 328 g/mol. The quantitative estimate of drug-likeness (QED) is 0.663. The number of methoxy groups -OCH3 is 1.